The SMILES string of the molecule is CC(C)(C)OC(=O)NC1CNCC1c1ccc(F)cc1F. The summed E-state index contributed by atoms with van der Waals surface area (Å²) in [5, 5.41) is 5.84. The Hall–Kier alpha value is -1.69. The number of carbonyl (C=O) groups is 1. The molecule has 0 spiro atoms. The van der Waals surface area contributed by atoms with E-state index in [1.807, 2.05) is 0 Å². The molecule has 2 N–H and O–H groups in total. The van der Waals surface area contributed by atoms with Crippen LogP contribution in [0.25, 0.3) is 0 Å². The van der Waals surface area contributed by atoms with Gasteiger partial charge in [-0.15, -0.1) is 0 Å². The van der Waals surface area contributed by atoms with Gasteiger partial charge in [-0.2, -0.15) is 0 Å². The Balaban J connectivity index is 2.08. The van der Waals surface area contributed by atoms with E-state index < -0.39 is 23.3 Å². The molecule has 1 aromatic rings. The van der Waals surface area contributed by atoms with Crippen molar-refractivity contribution in [3.8, 4) is 0 Å². The summed E-state index contributed by atoms with van der Waals surface area (Å²) in [6.07, 6.45) is -0.538. The Morgan fingerprint density at radius 1 is 1.33 bits per heavy atom. The molecule has 2 unspecified atom stereocenters. The lowest BCUT2D eigenvalue weighted by Crippen LogP contribution is -2.42. The third-order valence-corrected chi connectivity index (χ3v) is 3.28. The summed E-state index contributed by atoms with van der Waals surface area (Å²) in [5.74, 6) is -1.46. The second kappa shape index (κ2) is 5.97. The fourth-order valence-corrected chi connectivity index (χ4v) is 2.42. The summed E-state index contributed by atoms with van der Waals surface area (Å²) < 4.78 is 32.1. The number of ether oxygens (including phenoxy) is 1. The van der Waals surface area contributed by atoms with E-state index in [1.54, 1.807) is 20.8 Å². The molecule has 1 aliphatic heterocycles. The van der Waals surface area contributed by atoms with Gasteiger partial charge in [0, 0.05) is 25.1 Å². The number of halogens is 2. The first-order chi connectivity index (χ1) is 9.76. The van der Waals surface area contributed by atoms with Gasteiger partial charge in [-0.05, 0) is 32.4 Å². The van der Waals surface area contributed by atoms with Crippen LogP contribution in [0.2, 0.25) is 0 Å². The Morgan fingerprint density at radius 3 is 2.67 bits per heavy atom. The van der Waals surface area contributed by atoms with Crippen molar-refractivity contribution in [2.24, 2.45) is 0 Å². The summed E-state index contributed by atoms with van der Waals surface area (Å²) in [5.41, 5.74) is -0.199. The van der Waals surface area contributed by atoms with Crippen LogP contribution in [-0.4, -0.2) is 30.8 Å². The first-order valence-corrected chi connectivity index (χ1v) is 6.91. The van der Waals surface area contributed by atoms with Gasteiger partial charge in [0.05, 0.1) is 6.04 Å². The molecule has 2 rings (SSSR count). The lowest BCUT2D eigenvalue weighted by molar-refractivity contribution is 0.0504. The summed E-state index contributed by atoms with van der Waals surface area (Å²) in [6, 6.07) is 3.21. The van der Waals surface area contributed by atoms with Crippen LogP contribution in [0.4, 0.5) is 13.6 Å². The summed E-state index contributed by atoms with van der Waals surface area (Å²) in [6.45, 7) is 6.35. The highest BCUT2D eigenvalue weighted by Gasteiger charge is 2.32. The predicted molar refractivity (Wildman–Crippen MR) is 75.1 cm³/mol. The van der Waals surface area contributed by atoms with Crippen LogP contribution >= 0.6 is 0 Å². The van der Waals surface area contributed by atoms with E-state index >= 15 is 0 Å². The molecule has 21 heavy (non-hydrogen) atoms. The second-order valence-electron chi connectivity index (χ2n) is 6.18. The van der Waals surface area contributed by atoms with Crippen molar-refractivity contribution < 1.29 is 18.3 Å². The van der Waals surface area contributed by atoms with E-state index in [0.717, 1.165) is 6.07 Å². The van der Waals surface area contributed by atoms with Gasteiger partial charge in [-0.25, -0.2) is 13.6 Å². The maximum atomic E-state index is 13.9. The van der Waals surface area contributed by atoms with Crippen molar-refractivity contribution in [3.05, 3.63) is 35.4 Å². The van der Waals surface area contributed by atoms with Crippen molar-refractivity contribution in [1.29, 1.82) is 0 Å². The molecule has 0 bridgehead atoms. The van der Waals surface area contributed by atoms with Crippen LogP contribution in [0.5, 0.6) is 0 Å². The summed E-state index contributed by atoms with van der Waals surface area (Å²) in [4.78, 5) is 11.8. The van der Waals surface area contributed by atoms with Gasteiger partial charge >= 0.3 is 6.09 Å². The Morgan fingerprint density at radius 2 is 2.05 bits per heavy atom. The Kier molecular flexibility index (Phi) is 4.46. The fraction of sp³-hybridized carbons (Fsp3) is 0.533. The van der Waals surface area contributed by atoms with Gasteiger partial charge in [0.1, 0.15) is 17.2 Å². The Labute approximate surface area is 122 Å². The third-order valence-electron chi connectivity index (χ3n) is 3.28. The molecule has 0 saturated carbocycles. The van der Waals surface area contributed by atoms with Crippen molar-refractivity contribution in [1.82, 2.24) is 10.6 Å². The number of carbonyl (C=O) groups excluding carboxylic acids is 1. The number of alkyl carbamates (subject to hydrolysis) is 1. The van der Waals surface area contributed by atoms with Crippen LogP contribution in [0, 0.1) is 11.6 Å². The van der Waals surface area contributed by atoms with E-state index in [4.69, 9.17) is 4.74 Å². The number of hydrogen-bond donors (Lipinski definition) is 2. The van der Waals surface area contributed by atoms with Crippen LogP contribution in [-0.2, 0) is 4.74 Å². The summed E-state index contributed by atoms with van der Waals surface area (Å²) in [7, 11) is 0. The van der Waals surface area contributed by atoms with Gasteiger partial charge in [0.2, 0.25) is 0 Å². The highest BCUT2D eigenvalue weighted by molar-refractivity contribution is 5.68. The monoisotopic (exact) mass is 298 g/mol. The number of benzene rings is 1. The van der Waals surface area contributed by atoms with E-state index in [0.29, 0.717) is 18.7 Å². The largest absolute Gasteiger partial charge is 0.444 e. The molecule has 0 aromatic heterocycles. The average Bonchev–Trinajstić information content (AvgIpc) is 2.74. The van der Waals surface area contributed by atoms with E-state index in [1.165, 1.54) is 12.1 Å². The van der Waals surface area contributed by atoms with Gasteiger partial charge in [-0.3, -0.25) is 0 Å². The molecule has 1 aromatic carbocycles. The van der Waals surface area contributed by atoms with Gasteiger partial charge in [0.15, 0.2) is 0 Å². The van der Waals surface area contributed by atoms with Crippen LogP contribution in [0.15, 0.2) is 18.2 Å². The average molecular weight is 298 g/mol. The van der Waals surface area contributed by atoms with Crippen molar-refractivity contribution in [2.45, 2.75) is 38.3 Å². The Bertz CT molecular complexity index is 529. The molecular weight excluding hydrogens is 278 g/mol. The molecule has 1 saturated heterocycles. The van der Waals surface area contributed by atoms with E-state index in [-0.39, 0.29) is 12.0 Å². The normalized spacial score (nSPS) is 22.1. The number of amides is 1. The molecule has 1 heterocycles. The number of nitrogens with one attached hydrogen (secondary N) is 2. The quantitative estimate of drug-likeness (QED) is 0.882. The number of rotatable bonds is 2. The molecule has 0 radical (unpaired) electrons. The zero-order valence-corrected chi connectivity index (χ0v) is 12.4. The molecule has 1 aliphatic rings. The molecule has 1 fully saturated rings. The highest BCUT2D eigenvalue weighted by atomic mass is 19.1. The minimum atomic E-state index is -0.612. The maximum absolute atomic E-state index is 13.9. The molecule has 0 aliphatic carbocycles. The van der Waals surface area contributed by atoms with Crippen LogP contribution in [0.1, 0.15) is 32.3 Å². The van der Waals surface area contributed by atoms with Gasteiger partial charge in [0.25, 0.3) is 0 Å². The fourth-order valence-electron chi connectivity index (χ4n) is 2.42. The lowest BCUT2D eigenvalue weighted by atomic mass is 9.94. The molecule has 1 amide bonds. The molecule has 6 heteroatoms. The van der Waals surface area contributed by atoms with E-state index in [2.05, 4.69) is 10.6 Å². The molecular formula is C15H20F2N2O2. The maximum Gasteiger partial charge on any atom is 0.407 e. The zero-order chi connectivity index (χ0) is 15.6. The van der Waals surface area contributed by atoms with Crippen molar-refractivity contribution in [2.75, 3.05) is 13.1 Å². The highest BCUT2D eigenvalue weighted by Crippen LogP contribution is 2.26. The van der Waals surface area contributed by atoms with Crippen LogP contribution in [0.3, 0.4) is 0 Å². The lowest BCUT2D eigenvalue weighted by Gasteiger charge is -2.24. The summed E-state index contributed by atoms with van der Waals surface area (Å²) >= 11 is 0. The standard InChI is InChI=1S/C15H20F2N2O2/c1-15(2,3)21-14(20)19-13-8-18-7-11(13)10-5-4-9(16)6-12(10)17/h4-6,11,13,18H,7-8H2,1-3H3,(H,19,20). The van der Waals surface area contributed by atoms with Crippen LogP contribution < -0.4 is 10.6 Å². The number of hydrogen-bond acceptors (Lipinski definition) is 3. The topological polar surface area (TPSA) is 50.4 Å². The molecule has 116 valence electrons. The van der Waals surface area contributed by atoms with Crippen molar-refractivity contribution in [3.63, 3.8) is 0 Å². The van der Waals surface area contributed by atoms with Crippen molar-refractivity contribution >= 4 is 6.09 Å². The first-order valence-electron chi connectivity index (χ1n) is 6.91. The first kappa shape index (κ1) is 15.7. The minimum Gasteiger partial charge on any atom is -0.444 e. The van der Waals surface area contributed by atoms with Gasteiger partial charge < -0.3 is 15.4 Å². The molecule has 2 atom stereocenters. The van der Waals surface area contributed by atoms with E-state index in [9.17, 15) is 13.6 Å². The minimum absolute atomic E-state index is 0.252. The predicted octanol–water partition coefficient (Wildman–Crippen LogP) is 2.54. The third kappa shape index (κ3) is 4.14. The second-order valence-corrected chi connectivity index (χ2v) is 6.18. The molecule has 4 nitrogen and oxygen atoms in total. The van der Waals surface area contributed by atoms with Gasteiger partial charge in [-0.1, -0.05) is 6.07 Å². The zero-order valence-electron chi connectivity index (χ0n) is 12.4. The smallest absolute Gasteiger partial charge is 0.407 e.